The summed E-state index contributed by atoms with van der Waals surface area (Å²) < 4.78 is 0. The second-order valence-electron chi connectivity index (χ2n) is 6.21. The molecule has 4 heteroatoms. The Hall–Kier alpha value is -2.62. The van der Waals surface area contributed by atoms with Gasteiger partial charge in [0.1, 0.15) is 0 Å². The maximum Gasteiger partial charge on any atom is 0.241 e. The predicted octanol–water partition coefficient (Wildman–Crippen LogP) is 2.51. The highest BCUT2D eigenvalue weighted by molar-refractivity contribution is 5.86. The number of piperazine rings is 1. The highest BCUT2D eigenvalue weighted by atomic mass is 16.2. The molecule has 124 valence electrons. The molecule has 0 saturated carbocycles. The maximum atomic E-state index is 12.8. The molecule has 2 aromatic carbocycles. The zero-order chi connectivity index (χ0) is 16.9. The molecule has 1 saturated heterocycles. The molecule has 0 N–H and O–H groups in total. The minimum atomic E-state index is 0.00516. The van der Waals surface area contributed by atoms with Gasteiger partial charge in [0.2, 0.25) is 11.8 Å². The van der Waals surface area contributed by atoms with Gasteiger partial charge in [-0.05, 0) is 11.1 Å². The van der Waals surface area contributed by atoms with Crippen LogP contribution in [0.5, 0.6) is 0 Å². The van der Waals surface area contributed by atoms with Crippen molar-refractivity contribution in [1.82, 2.24) is 9.80 Å². The summed E-state index contributed by atoms with van der Waals surface area (Å²) in [4.78, 5) is 28.0. The standard InChI is InChI=1S/C20H22N2O2/c1-21-12-13-22(15-20(21)24)19(23)14-18(16-8-4-2-5-9-16)17-10-6-3-7-11-17/h2-11,18H,12-15H2,1H3. The van der Waals surface area contributed by atoms with E-state index in [2.05, 4.69) is 24.3 Å². The van der Waals surface area contributed by atoms with Crippen molar-refractivity contribution in [3.8, 4) is 0 Å². The number of carbonyl (C=O) groups excluding carboxylic acids is 2. The fraction of sp³-hybridized carbons (Fsp3) is 0.300. The van der Waals surface area contributed by atoms with Crippen molar-refractivity contribution >= 4 is 11.8 Å². The van der Waals surface area contributed by atoms with Gasteiger partial charge in [0, 0.05) is 32.5 Å². The highest BCUT2D eigenvalue weighted by Crippen LogP contribution is 2.28. The van der Waals surface area contributed by atoms with Gasteiger partial charge >= 0.3 is 0 Å². The number of benzene rings is 2. The monoisotopic (exact) mass is 322 g/mol. The smallest absolute Gasteiger partial charge is 0.241 e. The predicted molar refractivity (Wildman–Crippen MR) is 93.6 cm³/mol. The lowest BCUT2D eigenvalue weighted by Crippen LogP contribution is -2.50. The molecule has 0 aromatic heterocycles. The van der Waals surface area contributed by atoms with E-state index in [1.807, 2.05) is 36.4 Å². The van der Waals surface area contributed by atoms with Crippen molar-refractivity contribution in [1.29, 1.82) is 0 Å². The lowest BCUT2D eigenvalue weighted by atomic mass is 9.88. The van der Waals surface area contributed by atoms with E-state index in [1.54, 1.807) is 16.8 Å². The second-order valence-corrected chi connectivity index (χ2v) is 6.21. The Kier molecular flexibility index (Phi) is 4.94. The molecule has 0 spiro atoms. The highest BCUT2D eigenvalue weighted by Gasteiger charge is 2.27. The molecule has 0 radical (unpaired) electrons. The molecule has 1 heterocycles. The van der Waals surface area contributed by atoms with E-state index in [-0.39, 0.29) is 24.3 Å². The third-order valence-electron chi connectivity index (χ3n) is 4.59. The SMILES string of the molecule is CN1CCN(C(=O)CC(c2ccccc2)c2ccccc2)CC1=O. The van der Waals surface area contributed by atoms with Gasteiger partial charge < -0.3 is 9.80 Å². The number of hydrogen-bond acceptors (Lipinski definition) is 2. The van der Waals surface area contributed by atoms with Crippen LogP contribution in [0.3, 0.4) is 0 Å². The van der Waals surface area contributed by atoms with Crippen LogP contribution in [-0.4, -0.2) is 48.3 Å². The lowest BCUT2D eigenvalue weighted by molar-refractivity contribution is -0.144. The Morgan fingerprint density at radius 3 is 2.00 bits per heavy atom. The van der Waals surface area contributed by atoms with Crippen LogP contribution < -0.4 is 0 Å². The van der Waals surface area contributed by atoms with Crippen molar-refractivity contribution in [2.45, 2.75) is 12.3 Å². The molecule has 1 fully saturated rings. The number of likely N-dealkylation sites (N-methyl/N-ethyl adjacent to an activating group) is 1. The summed E-state index contributed by atoms with van der Waals surface area (Å²) in [5.41, 5.74) is 2.25. The molecular formula is C20H22N2O2. The Balaban J connectivity index is 1.80. The first-order valence-electron chi connectivity index (χ1n) is 8.27. The summed E-state index contributed by atoms with van der Waals surface area (Å²) in [6.07, 6.45) is 0.380. The van der Waals surface area contributed by atoms with Crippen LogP contribution in [0.15, 0.2) is 60.7 Å². The number of rotatable bonds is 4. The quantitative estimate of drug-likeness (QED) is 0.868. The van der Waals surface area contributed by atoms with Gasteiger partial charge in [0.15, 0.2) is 0 Å². The van der Waals surface area contributed by atoms with E-state index in [0.717, 1.165) is 11.1 Å². The summed E-state index contributed by atoms with van der Waals surface area (Å²) in [6.45, 7) is 1.40. The molecule has 4 nitrogen and oxygen atoms in total. The first kappa shape index (κ1) is 16.2. The third-order valence-corrected chi connectivity index (χ3v) is 4.59. The fourth-order valence-electron chi connectivity index (χ4n) is 3.07. The number of hydrogen-bond donors (Lipinski definition) is 0. The van der Waals surface area contributed by atoms with Gasteiger partial charge in [-0.1, -0.05) is 60.7 Å². The topological polar surface area (TPSA) is 40.6 Å². The van der Waals surface area contributed by atoms with Crippen LogP contribution in [0, 0.1) is 0 Å². The number of carbonyl (C=O) groups is 2. The van der Waals surface area contributed by atoms with Crippen molar-refractivity contribution in [3.63, 3.8) is 0 Å². The number of nitrogens with zero attached hydrogens (tertiary/aromatic N) is 2. The molecule has 3 rings (SSSR count). The average Bonchev–Trinajstić information content (AvgIpc) is 2.63. The van der Waals surface area contributed by atoms with Crippen molar-refractivity contribution in [3.05, 3.63) is 71.8 Å². The van der Waals surface area contributed by atoms with E-state index in [0.29, 0.717) is 19.5 Å². The van der Waals surface area contributed by atoms with Crippen molar-refractivity contribution in [2.75, 3.05) is 26.7 Å². The van der Waals surface area contributed by atoms with Crippen LogP contribution >= 0.6 is 0 Å². The van der Waals surface area contributed by atoms with Crippen molar-refractivity contribution in [2.24, 2.45) is 0 Å². The molecule has 1 aliphatic rings. The van der Waals surface area contributed by atoms with E-state index in [1.165, 1.54) is 0 Å². The molecule has 0 aliphatic carbocycles. The fourth-order valence-corrected chi connectivity index (χ4v) is 3.07. The summed E-state index contributed by atoms with van der Waals surface area (Å²) in [5.74, 6) is 0.0504. The Morgan fingerprint density at radius 2 is 1.50 bits per heavy atom. The van der Waals surface area contributed by atoms with Crippen LogP contribution in [0.4, 0.5) is 0 Å². The minimum absolute atomic E-state index is 0.00516. The molecule has 0 bridgehead atoms. The van der Waals surface area contributed by atoms with Gasteiger partial charge in [-0.25, -0.2) is 0 Å². The second kappa shape index (κ2) is 7.30. The van der Waals surface area contributed by atoms with E-state index in [9.17, 15) is 9.59 Å². The molecule has 0 atom stereocenters. The van der Waals surface area contributed by atoms with Gasteiger partial charge in [-0.3, -0.25) is 9.59 Å². The summed E-state index contributed by atoms with van der Waals surface area (Å²) in [5, 5.41) is 0. The zero-order valence-electron chi connectivity index (χ0n) is 13.9. The third kappa shape index (κ3) is 3.65. The zero-order valence-corrected chi connectivity index (χ0v) is 13.9. The van der Waals surface area contributed by atoms with E-state index in [4.69, 9.17) is 0 Å². The molecule has 1 aliphatic heterocycles. The van der Waals surface area contributed by atoms with Crippen LogP contribution in [0.2, 0.25) is 0 Å². The Morgan fingerprint density at radius 1 is 0.958 bits per heavy atom. The first-order chi connectivity index (χ1) is 11.6. The van der Waals surface area contributed by atoms with Gasteiger partial charge in [0.05, 0.1) is 6.54 Å². The van der Waals surface area contributed by atoms with Crippen LogP contribution in [0.25, 0.3) is 0 Å². The average molecular weight is 322 g/mol. The first-order valence-corrected chi connectivity index (χ1v) is 8.27. The minimum Gasteiger partial charge on any atom is -0.342 e. The van der Waals surface area contributed by atoms with Crippen LogP contribution in [0.1, 0.15) is 23.5 Å². The molecular weight excluding hydrogens is 300 g/mol. The Bertz CT molecular complexity index is 661. The van der Waals surface area contributed by atoms with Crippen LogP contribution in [-0.2, 0) is 9.59 Å². The summed E-state index contributed by atoms with van der Waals surface area (Å²) >= 11 is 0. The van der Waals surface area contributed by atoms with Gasteiger partial charge in [-0.15, -0.1) is 0 Å². The van der Waals surface area contributed by atoms with E-state index >= 15 is 0 Å². The van der Waals surface area contributed by atoms with Gasteiger partial charge in [0.25, 0.3) is 0 Å². The molecule has 2 aromatic rings. The van der Waals surface area contributed by atoms with Gasteiger partial charge in [-0.2, -0.15) is 0 Å². The molecule has 24 heavy (non-hydrogen) atoms. The summed E-state index contributed by atoms with van der Waals surface area (Å²) in [6, 6.07) is 20.2. The maximum absolute atomic E-state index is 12.8. The molecule has 0 unspecified atom stereocenters. The largest absolute Gasteiger partial charge is 0.342 e. The van der Waals surface area contributed by atoms with E-state index < -0.39 is 0 Å². The number of amides is 2. The normalized spacial score (nSPS) is 15.0. The lowest BCUT2D eigenvalue weighted by Gasteiger charge is -2.33. The van der Waals surface area contributed by atoms with Crippen molar-refractivity contribution < 1.29 is 9.59 Å². The Labute approximate surface area is 142 Å². The summed E-state index contributed by atoms with van der Waals surface area (Å²) in [7, 11) is 1.78. The molecule has 2 amide bonds.